The van der Waals surface area contributed by atoms with Gasteiger partial charge in [0.1, 0.15) is 0 Å². The summed E-state index contributed by atoms with van der Waals surface area (Å²) in [5, 5.41) is 2.75. The molecule has 0 aromatic heterocycles. The lowest BCUT2D eigenvalue weighted by atomic mass is 9.77. The van der Waals surface area contributed by atoms with Crippen LogP contribution in [0.25, 0.3) is 21.9 Å². The molecule has 3 aromatic rings. The first-order valence-electron chi connectivity index (χ1n) is 14.5. The second-order valence-electron chi connectivity index (χ2n) is 11.0. The predicted molar refractivity (Wildman–Crippen MR) is 155 cm³/mol. The molecule has 0 heterocycles. The first-order chi connectivity index (χ1) is 17.3. The van der Waals surface area contributed by atoms with Gasteiger partial charge in [-0.05, 0) is 70.5 Å². The Labute approximate surface area is 214 Å². The first-order valence-corrected chi connectivity index (χ1v) is 14.5. The van der Waals surface area contributed by atoms with Crippen molar-refractivity contribution in [3.8, 4) is 11.1 Å². The summed E-state index contributed by atoms with van der Waals surface area (Å²) in [5.74, 6) is 1.95. The van der Waals surface area contributed by atoms with Crippen LogP contribution in [0.1, 0.15) is 95.1 Å². The van der Waals surface area contributed by atoms with E-state index in [2.05, 4.69) is 74.2 Å². The number of hydrogen-bond acceptors (Lipinski definition) is 0. The van der Waals surface area contributed by atoms with Gasteiger partial charge >= 0.3 is 0 Å². The van der Waals surface area contributed by atoms with Crippen LogP contribution >= 0.6 is 0 Å². The maximum Gasteiger partial charge on any atom is -0.0105 e. The van der Waals surface area contributed by atoms with Gasteiger partial charge in [-0.1, -0.05) is 138 Å². The molecule has 0 amide bonds. The van der Waals surface area contributed by atoms with Crippen molar-refractivity contribution in [2.45, 2.75) is 96.8 Å². The highest BCUT2D eigenvalue weighted by molar-refractivity contribution is 5.97. The van der Waals surface area contributed by atoms with E-state index in [1.807, 2.05) is 6.08 Å². The lowest BCUT2D eigenvalue weighted by Gasteiger charge is -2.28. The quantitative estimate of drug-likeness (QED) is 0.173. The molecule has 0 N–H and O–H groups in total. The van der Waals surface area contributed by atoms with Crippen molar-refractivity contribution >= 4 is 10.8 Å². The topological polar surface area (TPSA) is 0 Å². The fourth-order valence-electron chi connectivity index (χ4n) is 6.08. The van der Waals surface area contributed by atoms with Gasteiger partial charge in [-0.2, -0.15) is 0 Å². The number of fused-ring (bicyclic) bond motifs is 1. The minimum Gasteiger partial charge on any atom is -0.103 e. The van der Waals surface area contributed by atoms with E-state index < -0.39 is 0 Å². The molecule has 0 saturated heterocycles. The Hall–Kier alpha value is -2.34. The monoisotopic (exact) mass is 466 g/mol. The van der Waals surface area contributed by atoms with Crippen molar-refractivity contribution in [1.82, 2.24) is 0 Å². The molecule has 1 saturated carbocycles. The predicted octanol–water partition coefficient (Wildman–Crippen LogP) is 10.7. The average molecular weight is 467 g/mol. The van der Waals surface area contributed by atoms with Gasteiger partial charge in [0.05, 0.1) is 0 Å². The molecular weight excluding hydrogens is 420 g/mol. The van der Waals surface area contributed by atoms with Gasteiger partial charge in [-0.3, -0.25) is 0 Å². The average Bonchev–Trinajstić information content (AvgIpc) is 2.91. The highest BCUT2D eigenvalue weighted by Gasteiger charge is 2.20. The van der Waals surface area contributed by atoms with E-state index in [0.29, 0.717) is 0 Å². The lowest BCUT2D eigenvalue weighted by Crippen LogP contribution is -2.15. The molecule has 4 rings (SSSR count). The normalized spacial score (nSPS) is 18.1. The molecule has 0 unspecified atom stereocenters. The SMILES string of the molecule is C=CCCc1ccc(-c2cccc3cc(CCC4CCC(CCCCCCC)CC4)ccc23)cc1. The van der Waals surface area contributed by atoms with E-state index in [-0.39, 0.29) is 0 Å². The third kappa shape index (κ3) is 7.57. The zero-order valence-electron chi connectivity index (χ0n) is 22.1. The van der Waals surface area contributed by atoms with Crippen LogP contribution in [0.3, 0.4) is 0 Å². The van der Waals surface area contributed by atoms with E-state index in [1.54, 1.807) is 0 Å². The van der Waals surface area contributed by atoms with Crippen LogP contribution in [0.4, 0.5) is 0 Å². The van der Waals surface area contributed by atoms with Gasteiger partial charge in [0, 0.05) is 0 Å². The van der Waals surface area contributed by atoms with Gasteiger partial charge < -0.3 is 0 Å². The molecular formula is C35H46. The molecule has 0 bridgehead atoms. The molecule has 1 aliphatic carbocycles. The first kappa shape index (κ1) is 25.7. The van der Waals surface area contributed by atoms with Gasteiger partial charge in [-0.25, -0.2) is 0 Å². The Morgan fingerprint density at radius 3 is 2.20 bits per heavy atom. The smallest absolute Gasteiger partial charge is 0.0105 e. The molecule has 0 aliphatic heterocycles. The molecule has 1 aliphatic rings. The number of unbranched alkanes of at least 4 members (excludes halogenated alkanes) is 4. The molecule has 186 valence electrons. The Bertz CT molecular complexity index is 1030. The minimum atomic E-state index is 0.938. The van der Waals surface area contributed by atoms with Gasteiger partial charge in [0.15, 0.2) is 0 Å². The Balaban J connectivity index is 1.29. The van der Waals surface area contributed by atoms with Crippen molar-refractivity contribution < 1.29 is 0 Å². The van der Waals surface area contributed by atoms with Gasteiger partial charge in [-0.15, -0.1) is 6.58 Å². The highest BCUT2D eigenvalue weighted by atomic mass is 14.3. The van der Waals surface area contributed by atoms with E-state index in [9.17, 15) is 0 Å². The van der Waals surface area contributed by atoms with Crippen LogP contribution in [0.2, 0.25) is 0 Å². The van der Waals surface area contributed by atoms with Gasteiger partial charge in [0.2, 0.25) is 0 Å². The Morgan fingerprint density at radius 2 is 1.46 bits per heavy atom. The number of rotatable bonds is 13. The second-order valence-corrected chi connectivity index (χ2v) is 11.0. The molecule has 0 spiro atoms. The molecule has 3 aromatic carbocycles. The number of benzene rings is 3. The molecule has 35 heavy (non-hydrogen) atoms. The molecule has 1 fully saturated rings. The zero-order valence-corrected chi connectivity index (χ0v) is 22.1. The van der Waals surface area contributed by atoms with Crippen molar-refractivity contribution in [3.05, 3.63) is 84.4 Å². The van der Waals surface area contributed by atoms with Crippen LogP contribution in [0.5, 0.6) is 0 Å². The van der Waals surface area contributed by atoms with E-state index in [4.69, 9.17) is 0 Å². The summed E-state index contributed by atoms with van der Waals surface area (Å²) >= 11 is 0. The fourth-order valence-corrected chi connectivity index (χ4v) is 6.08. The largest absolute Gasteiger partial charge is 0.103 e. The molecule has 0 atom stereocenters. The van der Waals surface area contributed by atoms with E-state index in [1.165, 1.54) is 110 Å². The fraction of sp³-hybridized carbons (Fsp3) is 0.486. The summed E-state index contributed by atoms with van der Waals surface area (Å²) in [6.45, 7) is 6.15. The third-order valence-electron chi connectivity index (χ3n) is 8.37. The van der Waals surface area contributed by atoms with Crippen molar-refractivity contribution in [2.75, 3.05) is 0 Å². The van der Waals surface area contributed by atoms with Crippen LogP contribution in [-0.4, -0.2) is 0 Å². The van der Waals surface area contributed by atoms with Crippen LogP contribution in [0, 0.1) is 11.8 Å². The summed E-state index contributed by atoms with van der Waals surface area (Å²) in [7, 11) is 0. The third-order valence-corrected chi connectivity index (χ3v) is 8.37. The maximum atomic E-state index is 3.84. The standard InChI is InChI=1S/C35H46/c1-3-5-7-8-9-12-29-15-17-30(18-16-29)19-20-31-23-26-35-33(27-31)13-10-14-34(35)32-24-21-28(22-25-32)11-6-4-2/h4,10,13-14,21-27,29-30H,2-3,5-9,11-12,15-20H2,1H3. The Morgan fingerprint density at radius 1 is 0.743 bits per heavy atom. The highest BCUT2D eigenvalue weighted by Crippen LogP contribution is 2.35. The van der Waals surface area contributed by atoms with Gasteiger partial charge in [0.25, 0.3) is 0 Å². The van der Waals surface area contributed by atoms with E-state index >= 15 is 0 Å². The molecule has 0 nitrogen and oxygen atoms in total. The van der Waals surface area contributed by atoms with Crippen molar-refractivity contribution in [3.63, 3.8) is 0 Å². The molecule has 0 radical (unpaired) electrons. The van der Waals surface area contributed by atoms with Crippen LogP contribution in [-0.2, 0) is 12.8 Å². The maximum absolute atomic E-state index is 3.84. The summed E-state index contributed by atoms with van der Waals surface area (Å²) in [5.41, 5.74) is 5.55. The summed E-state index contributed by atoms with van der Waals surface area (Å²) in [4.78, 5) is 0. The summed E-state index contributed by atoms with van der Waals surface area (Å²) in [6.07, 6.45) is 21.2. The minimum absolute atomic E-state index is 0.938. The van der Waals surface area contributed by atoms with E-state index in [0.717, 1.165) is 24.7 Å². The Kier molecular flexibility index (Phi) is 10.1. The van der Waals surface area contributed by atoms with Crippen molar-refractivity contribution in [1.29, 1.82) is 0 Å². The number of hydrogen-bond donors (Lipinski definition) is 0. The molecule has 0 heteroatoms. The lowest BCUT2D eigenvalue weighted by molar-refractivity contribution is 0.249. The zero-order chi connectivity index (χ0) is 24.3. The van der Waals surface area contributed by atoms with Crippen molar-refractivity contribution in [2.24, 2.45) is 11.8 Å². The summed E-state index contributed by atoms with van der Waals surface area (Å²) < 4.78 is 0. The van der Waals surface area contributed by atoms with Crippen LogP contribution in [0.15, 0.2) is 73.3 Å². The second kappa shape index (κ2) is 13.7. The van der Waals surface area contributed by atoms with Crippen LogP contribution < -0.4 is 0 Å². The number of aryl methyl sites for hydroxylation is 2. The summed E-state index contributed by atoms with van der Waals surface area (Å²) in [6, 6.07) is 23.1. The number of allylic oxidation sites excluding steroid dienone is 1.